The Morgan fingerprint density at radius 3 is 2.61 bits per heavy atom. The first-order valence-electron chi connectivity index (χ1n) is 11.9. The Hall–Kier alpha value is -3.16. The highest BCUT2D eigenvalue weighted by Crippen LogP contribution is 2.27. The van der Waals surface area contributed by atoms with Crippen LogP contribution >= 0.6 is 0 Å². The third-order valence-corrected chi connectivity index (χ3v) is 6.93. The maximum Gasteiger partial charge on any atom is 0.272 e. The van der Waals surface area contributed by atoms with Gasteiger partial charge in [0.15, 0.2) is 5.69 Å². The fourth-order valence-electron chi connectivity index (χ4n) is 4.66. The van der Waals surface area contributed by atoms with Gasteiger partial charge in [0, 0.05) is 25.7 Å². The van der Waals surface area contributed by atoms with E-state index in [9.17, 15) is 14.4 Å². The van der Waals surface area contributed by atoms with Crippen molar-refractivity contribution < 1.29 is 14.4 Å². The highest BCUT2D eigenvalue weighted by atomic mass is 16.2. The maximum absolute atomic E-state index is 13.2. The number of nitrogens with one attached hydrogen (secondary N) is 2. The molecule has 1 aliphatic carbocycles. The molecule has 8 heteroatoms. The minimum atomic E-state index is -1.06. The predicted molar refractivity (Wildman–Crippen MR) is 125 cm³/mol. The topological polar surface area (TPSA) is 96.3 Å². The van der Waals surface area contributed by atoms with Crippen LogP contribution in [0.2, 0.25) is 0 Å². The molecule has 1 saturated carbocycles. The summed E-state index contributed by atoms with van der Waals surface area (Å²) >= 11 is 0. The minimum Gasteiger partial charge on any atom is -0.351 e. The predicted octanol–water partition coefficient (Wildman–Crippen LogP) is 2.54. The van der Waals surface area contributed by atoms with Crippen LogP contribution in [0.1, 0.15) is 72.0 Å². The van der Waals surface area contributed by atoms with Gasteiger partial charge in [0.2, 0.25) is 5.91 Å². The zero-order valence-electron chi connectivity index (χ0n) is 19.5. The number of nitrogens with zero attached hydrogens (tertiary/aromatic N) is 3. The first kappa shape index (κ1) is 23.0. The van der Waals surface area contributed by atoms with E-state index in [4.69, 9.17) is 0 Å². The minimum absolute atomic E-state index is 0.155. The van der Waals surface area contributed by atoms with Crippen LogP contribution in [0.25, 0.3) is 0 Å². The lowest BCUT2D eigenvalue weighted by molar-refractivity contribution is -0.133. The molecule has 1 aliphatic heterocycles. The Morgan fingerprint density at radius 2 is 1.88 bits per heavy atom. The van der Waals surface area contributed by atoms with Gasteiger partial charge >= 0.3 is 0 Å². The highest BCUT2D eigenvalue weighted by molar-refractivity contribution is 6.01. The lowest BCUT2D eigenvalue weighted by Crippen LogP contribution is -2.63. The van der Waals surface area contributed by atoms with Crippen LogP contribution in [-0.4, -0.2) is 57.6 Å². The van der Waals surface area contributed by atoms with Gasteiger partial charge in [0.05, 0.1) is 6.54 Å². The van der Waals surface area contributed by atoms with E-state index in [1.54, 1.807) is 14.0 Å². The number of amides is 3. The summed E-state index contributed by atoms with van der Waals surface area (Å²) < 4.78 is 1.50. The van der Waals surface area contributed by atoms with E-state index in [0.717, 1.165) is 38.5 Å². The molecule has 1 aromatic heterocycles. The number of likely N-dealkylation sites (N-methyl/N-ethyl adjacent to an activating group) is 1. The van der Waals surface area contributed by atoms with Crippen LogP contribution in [-0.2, 0) is 17.8 Å². The molecule has 2 heterocycles. The molecule has 0 spiro atoms. The van der Waals surface area contributed by atoms with Crippen molar-refractivity contribution in [3.8, 4) is 0 Å². The van der Waals surface area contributed by atoms with E-state index in [-0.39, 0.29) is 36.0 Å². The first-order chi connectivity index (χ1) is 15.9. The summed E-state index contributed by atoms with van der Waals surface area (Å²) in [6.45, 7) is 2.49. The summed E-state index contributed by atoms with van der Waals surface area (Å²) in [7, 11) is 1.64. The second kappa shape index (κ2) is 9.77. The van der Waals surface area contributed by atoms with E-state index in [0.29, 0.717) is 12.2 Å². The molecule has 8 nitrogen and oxygen atoms in total. The Bertz CT molecular complexity index is 1010. The third kappa shape index (κ3) is 4.94. The molecule has 2 aromatic rings. The Labute approximate surface area is 194 Å². The van der Waals surface area contributed by atoms with Crippen molar-refractivity contribution >= 4 is 17.7 Å². The lowest BCUT2D eigenvalue weighted by Gasteiger charge is -2.41. The number of carbonyl (C=O) groups excluding carboxylic acids is 3. The molecule has 2 aliphatic rings. The number of hydrogen-bond donors (Lipinski definition) is 2. The number of benzene rings is 1. The van der Waals surface area contributed by atoms with Gasteiger partial charge < -0.3 is 15.5 Å². The zero-order valence-corrected chi connectivity index (χ0v) is 19.5. The first-order valence-corrected chi connectivity index (χ1v) is 11.9. The molecule has 0 unspecified atom stereocenters. The van der Waals surface area contributed by atoms with Crippen LogP contribution in [0.5, 0.6) is 0 Å². The largest absolute Gasteiger partial charge is 0.351 e. The highest BCUT2D eigenvalue weighted by Gasteiger charge is 2.46. The van der Waals surface area contributed by atoms with E-state index in [2.05, 4.69) is 27.9 Å². The van der Waals surface area contributed by atoms with E-state index in [1.165, 1.54) is 27.6 Å². The maximum atomic E-state index is 13.2. The van der Waals surface area contributed by atoms with Crippen molar-refractivity contribution in [3.63, 3.8) is 0 Å². The van der Waals surface area contributed by atoms with Gasteiger partial charge in [-0.15, -0.1) is 0 Å². The number of hydrogen-bond acceptors (Lipinski definition) is 4. The Kier molecular flexibility index (Phi) is 6.81. The molecular weight excluding hydrogens is 418 g/mol. The number of carbonyl (C=O) groups is 3. The molecule has 0 radical (unpaired) electrons. The molecule has 3 amide bonds. The fourth-order valence-corrected chi connectivity index (χ4v) is 4.66. The van der Waals surface area contributed by atoms with E-state index in [1.807, 2.05) is 18.2 Å². The fraction of sp³-hybridized carbons (Fsp3) is 0.520. The molecule has 2 N–H and O–H groups in total. The van der Waals surface area contributed by atoms with Crippen LogP contribution in [0.3, 0.4) is 0 Å². The molecule has 1 atom stereocenters. The van der Waals surface area contributed by atoms with Gasteiger partial charge in [0.25, 0.3) is 11.8 Å². The molecular formula is C25H33N5O3. The van der Waals surface area contributed by atoms with Gasteiger partial charge in [-0.2, -0.15) is 5.10 Å². The van der Waals surface area contributed by atoms with Gasteiger partial charge in [-0.3, -0.25) is 19.1 Å². The van der Waals surface area contributed by atoms with Gasteiger partial charge in [0.1, 0.15) is 11.2 Å². The molecule has 33 heavy (non-hydrogen) atoms. The van der Waals surface area contributed by atoms with Crippen molar-refractivity contribution in [3.05, 3.63) is 53.3 Å². The summed E-state index contributed by atoms with van der Waals surface area (Å²) in [5, 5.41) is 10.4. The van der Waals surface area contributed by atoms with Crippen molar-refractivity contribution in [2.24, 2.45) is 0 Å². The SMILES string of the molecule is CN1C(=O)c2cc(C(=O)NCCCc3ccccc3)nn2C[C@]1(C)C(=O)NC1CCCCC1. The smallest absolute Gasteiger partial charge is 0.272 e. The molecule has 0 bridgehead atoms. The van der Waals surface area contributed by atoms with Crippen LogP contribution in [0, 0.1) is 0 Å². The summed E-state index contributed by atoms with van der Waals surface area (Å²) in [4.78, 5) is 40.3. The van der Waals surface area contributed by atoms with Crippen LogP contribution < -0.4 is 10.6 Å². The van der Waals surface area contributed by atoms with Crippen LogP contribution in [0.15, 0.2) is 36.4 Å². The van der Waals surface area contributed by atoms with E-state index < -0.39 is 5.54 Å². The number of aromatic nitrogens is 2. The number of fused-ring (bicyclic) bond motifs is 1. The monoisotopic (exact) mass is 451 g/mol. The third-order valence-electron chi connectivity index (χ3n) is 6.93. The second-order valence-electron chi connectivity index (χ2n) is 9.36. The average Bonchev–Trinajstić information content (AvgIpc) is 3.25. The number of aryl methyl sites for hydroxylation is 1. The van der Waals surface area contributed by atoms with Crippen molar-refractivity contribution in [1.82, 2.24) is 25.3 Å². The van der Waals surface area contributed by atoms with Gasteiger partial charge in [-0.1, -0.05) is 49.6 Å². The summed E-state index contributed by atoms with van der Waals surface area (Å²) in [5.74, 6) is -0.787. The van der Waals surface area contributed by atoms with Crippen molar-refractivity contribution in [1.29, 1.82) is 0 Å². The zero-order chi connectivity index (χ0) is 23.4. The Balaban J connectivity index is 1.39. The molecule has 176 valence electrons. The average molecular weight is 452 g/mol. The molecule has 0 saturated heterocycles. The summed E-state index contributed by atoms with van der Waals surface area (Å²) in [5.41, 5.74) is 0.693. The standard InChI is InChI=1S/C25H33N5O3/c1-25(24(33)27-19-13-7-4-8-14-19)17-30-21(23(32)29(25)2)16-20(28-30)22(31)26-15-9-12-18-10-5-3-6-11-18/h3,5-6,10-11,16,19H,4,7-9,12-15,17H2,1-2H3,(H,26,31)(H,27,33)/t25-/m1/s1. The van der Waals surface area contributed by atoms with Crippen LogP contribution in [0.4, 0.5) is 0 Å². The van der Waals surface area contributed by atoms with Gasteiger partial charge in [-0.25, -0.2) is 0 Å². The summed E-state index contributed by atoms with van der Waals surface area (Å²) in [6.07, 6.45) is 7.06. The van der Waals surface area contributed by atoms with Gasteiger partial charge in [-0.05, 0) is 38.2 Å². The molecule has 1 aromatic carbocycles. The van der Waals surface area contributed by atoms with Crippen molar-refractivity contribution in [2.45, 2.75) is 70.0 Å². The second-order valence-corrected chi connectivity index (χ2v) is 9.36. The Morgan fingerprint density at radius 1 is 1.15 bits per heavy atom. The van der Waals surface area contributed by atoms with Crippen molar-refractivity contribution in [2.75, 3.05) is 13.6 Å². The summed E-state index contributed by atoms with van der Waals surface area (Å²) in [6, 6.07) is 11.8. The quantitative estimate of drug-likeness (QED) is 0.633. The number of rotatable bonds is 7. The molecule has 4 rings (SSSR count). The normalized spacial score (nSPS) is 20.9. The molecule has 1 fully saturated rings. The van der Waals surface area contributed by atoms with E-state index >= 15 is 0 Å². The lowest BCUT2D eigenvalue weighted by atomic mass is 9.92.